The first-order valence-electron chi connectivity index (χ1n) is 8.86. The Hall–Kier alpha value is -3.87. The number of amides is 1. The third-order valence-electron chi connectivity index (χ3n) is 3.94. The Balaban J connectivity index is 1.51. The molecule has 1 amide bonds. The summed E-state index contributed by atoms with van der Waals surface area (Å²) >= 11 is 0. The lowest BCUT2D eigenvalue weighted by Gasteiger charge is -2.07. The molecule has 1 N–H and O–H groups in total. The molecule has 3 aromatic rings. The number of nitrogens with one attached hydrogen (secondary N) is 1. The summed E-state index contributed by atoms with van der Waals surface area (Å²) in [5.74, 6) is -0.308. The summed E-state index contributed by atoms with van der Waals surface area (Å²) in [6, 6.07) is 17.3. The summed E-state index contributed by atoms with van der Waals surface area (Å²) in [4.78, 5) is 34.8. The molecular formula is C22H19NO6. The van der Waals surface area contributed by atoms with Gasteiger partial charge in [0.1, 0.15) is 11.5 Å². The highest BCUT2D eigenvalue weighted by atomic mass is 16.5. The molecule has 3 rings (SSSR count). The molecule has 1 heterocycles. The minimum atomic E-state index is -0.588. The first-order valence-corrected chi connectivity index (χ1v) is 8.86. The smallest absolute Gasteiger partial charge is 0.338 e. The van der Waals surface area contributed by atoms with Gasteiger partial charge in [-0.1, -0.05) is 24.3 Å². The highest BCUT2D eigenvalue weighted by Gasteiger charge is 2.11. The quantitative estimate of drug-likeness (QED) is 0.489. The van der Waals surface area contributed by atoms with E-state index in [1.54, 1.807) is 48.5 Å². The van der Waals surface area contributed by atoms with Crippen molar-refractivity contribution in [3.63, 3.8) is 0 Å². The molecule has 0 unspecified atom stereocenters. The van der Waals surface area contributed by atoms with Crippen molar-refractivity contribution < 1.29 is 28.3 Å². The molecule has 0 aliphatic rings. The zero-order valence-corrected chi connectivity index (χ0v) is 15.7. The van der Waals surface area contributed by atoms with Gasteiger partial charge in [0, 0.05) is 6.92 Å². The van der Waals surface area contributed by atoms with Crippen LogP contribution in [0.2, 0.25) is 0 Å². The molecule has 0 saturated heterocycles. The Morgan fingerprint density at radius 2 is 1.59 bits per heavy atom. The van der Waals surface area contributed by atoms with Crippen molar-refractivity contribution in [2.45, 2.75) is 13.5 Å². The van der Waals surface area contributed by atoms with E-state index < -0.39 is 11.9 Å². The summed E-state index contributed by atoms with van der Waals surface area (Å²) in [6.45, 7) is 1.20. The largest absolute Gasteiger partial charge is 0.467 e. The third kappa shape index (κ3) is 5.80. The number of carbonyl (C=O) groups is 3. The topological polar surface area (TPSA) is 94.8 Å². The highest BCUT2D eigenvalue weighted by Crippen LogP contribution is 2.23. The van der Waals surface area contributed by atoms with Crippen LogP contribution in [-0.4, -0.2) is 24.5 Å². The van der Waals surface area contributed by atoms with E-state index in [2.05, 4.69) is 5.32 Å². The number of ether oxygens (including phenoxy) is 2. The first kappa shape index (κ1) is 19.9. The van der Waals surface area contributed by atoms with E-state index in [0.717, 1.165) is 11.1 Å². The van der Waals surface area contributed by atoms with E-state index in [1.807, 2.05) is 12.1 Å². The van der Waals surface area contributed by atoms with Gasteiger partial charge < -0.3 is 19.2 Å². The number of esters is 2. The van der Waals surface area contributed by atoms with E-state index in [0.29, 0.717) is 17.1 Å². The predicted octanol–water partition coefficient (Wildman–Crippen LogP) is 3.35. The van der Waals surface area contributed by atoms with Crippen molar-refractivity contribution in [2.24, 2.45) is 0 Å². The molecule has 7 heteroatoms. The minimum Gasteiger partial charge on any atom is -0.467 e. The van der Waals surface area contributed by atoms with E-state index in [4.69, 9.17) is 13.9 Å². The van der Waals surface area contributed by atoms with Crippen LogP contribution in [0.3, 0.4) is 0 Å². The van der Waals surface area contributed by atoms with Crippen LogP contribution in [0.1, 0.15) is 23.0 Å². The summed E-state index contributed by atoms with van der Waals surface area (Å²) in [6.07, 6.45) is 1.51. The lowest BCUT2D eigenvalue weighted by Crippen LogP contribution is -2.28. The SMILES string of the molecule is CC(=O)Oc1ccc(-c2ccc(C(=O)OCC(=O)NCc3ccco3)cc2)cc1. The van der Waals surface area contributed by atoms with Crippen LogP contribution in [0.4, 0.5) is 0 Å². The molecule has 0 aliphatic carbocycles. The molecule has 0 saturated carbocycles. The zero-order valence-electron chi connectivity index (χ0n) is 15.7. The Bertz CT molecular complexity index is 975. The van der Waals surface area contributed by atoms with Crippen LogP contribution < -0.4 is 10.1 Å². The number of hydrogen-bond acceptors (Lipinski definition) is 6. The van der Waals surface area contributed by atoms with Gasteiger partial charge in [-0.3, -0.25) is 9.59 Å². The van der Waals surface area contributed by atoms with Gasteiger partial charge in [-0.2, -0.15) is 0 Å². The Morgan fingerprint density at radius 3 is 2.17 bits per heavy atom. The van der Waals surface area contributed by atoms with Crippen LogP contribution in [0.15, 0.2) is 71.3 Å². The van der Waals surface area contributed by atoms with Gasteiger partial charge in [-0.05, 0) is 47.5 Å². The van der Waals surface area contributed by atoms with Crippen LogP contribution in [0, 0.1) is 0 Å². The first-order chi connectivity index (χ1) is 14.0. The molecule has 0 bridgehead atoms. The van der Waals surface area contributed by atoms with E-state index >= 15 is 0 Å². The van der Waals surface area contributed by atoms with Crippen LogP contribution >= 0.6 is 0 Å². The van der Waals surface area contributed by atoms with Gasteiger partial charge in [-0.25, -0.2) is 4.79 Å². The average Bonchev–Trinajstić information content (AvgIpc) is 3.24. The number of carbonyl (C=O) groups excluding carboxylic acids is 3. The van der Waals surface area contributed by atoms with Crippen LogP contribution in [-0.2, 0) is 20.9 Å². The monoisotopic (exact) mass is 393 g/mol. The highest BCUT2D eigenvalue weighted by molar-refractivity contribution is 5.91. The Kier molecular flexibility index (Phi) is 6.42. The third-order valence-corrected chi connectivity index (χ3v) is 3.94. The van der Waals surface area contributed by atoms with Crippen molar-refractivity contribution in [1.29, 1.82) is 0 Å². The average molecular weight is 393 g/mol. The normalized spacial score (nSPS) is 10.2. The van der Waals surface area contributed by atoms with Crippen molar-refractivity contribution in [2.75, 3.05) is 6.61 Å². The van der Waals surface area contributed by atoms with Crippen LogP contribution in [0.5, 0.6) is 5.75 Å². The maximum absolute atomic E-state index is 12.1. The molecule has 0 radical (unpaired) electrons. The molecule has 0 aliphatic heterocycles. The van der Waals surface area contributed by atoms with Gasteiger partial charge in [-0.15, -0.1) is 0 Å². The Morgan fingerprint density at radius 1 is 0.931 bits per heavy atom. The second-order valence-corrected chi connectivity index (χ2v) is 6.13. The predicted molar refractivity (Wildman–Crippen MR) is 104 cm³/mol. The summed E-state index contributed by atoms with van der Waals surface area (Å²) in [5, 5.41) is 2.60. The van der Waals surface area contributed by atoms with Crippen LogP contribution in [0.25, 0.3) is 11.1 Å². The van der Waals surface area contributed by atoms with Gasteiger partial charge >= 0.3 is 11.9 Å². The van der Waals surface area contributed by atoms with Gasteiger partial charge in [0.05, 0.1) is 18.4 Å². The van der Waals surface area contributed by atoms with E-state index in [1.165, 1.54) is 13.2 Å². The number of rotatable bonds is 7. The Labute approximate surface area is 167 Å². The standard InChI is InChI=1S/C22H19NO6/c1-15(24)29-19-10-8-17(9-11-19)16-4-6-18(7-5-16)22(26)28-14-21(25)23-13-20-3-2-12-27-20/h2-12H,13-14H2,1H3,(H,23,25). The number of benzene rings is 2. The maximum atomic E-state index is 12.1. The van der Waals surface area contributed by atoms with Gasteiger partial charge in [0.25, 0.3) is 5.91 Å². The molecule has 148 valence electrons. The molecule has 29 heavy (non-hydrogen) atoms. The number of hydrogen-bond donors (Lipinski definition) is 1. The second kappa shape index (κ2) is 9.36. The molecule has 0 atom stereocenters. The summed E-state index contributed by atoms with van der Waals surface area (Å²) in [5.41, 5.74) is 2.12. The molecule has 7 nitrogen and oxygen atoms in total. The molecule has 0 fully saturated rings. The van der Waals surface area contributed by atoms with E-state index in [-0.39, 0.29) is 19.1 Å². The van der Waals surface area contributed by atoms with Crippen molar-refractivity contribution in [1.82, 2.24) is 5.32 Å². The van der Waals surface area contributed by atoms with Crippen molar-refractivity contribution >= 4 is 17.8 Å². The second-order valence-electron chi connectivity index (χ2n) is 6.13. The summed E-state index contributed by atoms with van der Waals surface area (Å²) < 4.78 is 15.1. The van der Waals surface area contributed by atoms with Crippen molar-refractivity contribution in [3.8, 4) is 16.9 Å². The lowest BCUT2D eigenvalue weighted by atomic mass is 10.0. The minimum absolute atomic E-state index is 0.230. The fraction of sp³-hybridized carbons (Fsp3) is 0.136. The fourth-order valence-corrected chi connectivity index (χ4v) is 2.54. The molecule has 2 aromatic carbocycles. The maximum Gasteiger partial charge on any atom is 0.338 e. The zero-order chi connectivity index (χ0) is 20.6. The molecule has 0 spiro atoms. The molecular weight excluding hydrogens is 374 g/mol. The van der Waals surface area contributed by atoms with Gasteiger partial charge in [0.15, 0.2) is 6.61 Å². The molecule has 1 aromatic heterocycles. The lowest BCUT2D eigenvalue weighted by molar-refractivity contribution is -0.131. The fourth-order valence-electron chi connectivity index (χ4n) is 2.54. The summed E-state index contributed by atoms with van der Waals surface area (Å²) in [7, 11) is 0. The van der Waals surface area contributed by atoms with Gasteiger partial charge in [0.2, 0.25) is 0 Å². The number of furan rings is 1. The van der Waals surface area contributed by atoms with E-state index in [9.17, 15) is 14.4 Å². The van der Waals surface area contributed by atoms with Crippen molar-refractivity contribution in [3.05, 3.63) is 78.3 Å².